The first-order valence-electron chi connectivity index (χ1n) is 7.04. The first-order valence-corrected chi connectivity index (χ1v) is 7.04. The second kappa shape index (κ2) is 5.74. The molecule has 1 aliphatic heterocycles. The Hall–Kier alpha value is -2.07. The highest BCUT2D eigenvalue weighted by Crippen LogP contribution is 2.41. The zero-order valence-corrected chi connectivity index (χ0v) is 11.8. The molecule has 2 aromatic carbocycles. The Balaban J connectivity index is 1.83. The molecule has 2 aromatic rings. The molecule has 0 saturated carbocycles. The van der Waals surface area contributed by atoms with Gasteiger partial charge < -0.3 is 14.6 Å². The Morgan fingerprint density at radius 2 is 2.00 bits per heavy atom. The molecule has 4 heteroatoms. The van der Waals surface area contributed by atoms with Crippen LogP contribution in [0.5, 0.6) is 11.5 Å². The summed E-state index contributed by atoms with van der Waals surface area (Å²) >= 11 is 0. The molecule has 0 saturated heterocycles. The highest BCUT2D eigenvalue weighted by molar-refractivity contribution is 5.39. The Labute approximate surface area is 122 Å². The molecule has 1 heterocycles. The summed E-state index contributed by atoms with van der Waals surface area (Å²) in [5.41, 5.74) is 1.48. The van der Waals surface area contributed by atoms with Gasteiger partial charge in [0.05, 0.1) is 12.7 Å². The Morgan fingerprint density at radius 3 is 2.71 bits per heavy atom. The van der Waals surface area contributed by atoms with Gasteiger partial charge in [0, 0.05) is 12.0 Å². The van der Waals surface area contributed by atoms with Gasteiger partial charge in [0.1, 0.15) is 23.4 Å². The van der Waals surface area contributed by atoms with Crippen LogP contribution >= 0.6 is 0 Å². The van der Waals surface area contributed by atoms with E-state index in [4.69, 9.17) is 9.47 Å². The van der Waals surface area contributed by atoms with Crippen molar-refractivity contribution in [1.82, 2.24) is 0 Å². The zero-order valence-electron chi connectivity index (χ0n) is 11.8. The molecule has 110 valence electrons. The number of hydrogen-bond donors (Lipinski definition) is 1. The lowest BCUT2D eigenvalue weighted by Gasteiger charge is -2.30. The van der Waals surface area contributed by atoms with Crippen molar-refractivity contribution in [2.24, 2.45) is 0 Å². The Kier molecular flexibility index (Phi) is 3.80. The second-order valence-electron chi connectivity index (χ2n) is 5.04. The van der Waals surface area contributed by atoms with E-state index in [1.165, 1.54) is 12.1 Å². The SMILES string of the molecule is CCOc1ccc(C2C[C@H](O)c3cc(F)ccc3O2)cc1. The molecule has 0 spiro atoms. The molecule has 0 aliphatic carbocycles. The number of ether oxygens (including phenoxy) is 2. The van der Waals surface area contributed by atoms with Crippen molar-refractivity contribution in [2.45, 2.75) is 25.6 Å². The topological polar surface area (TPSA) is 38.7 Å². The third kappa shape index (κ3) is 2.85. The fourth-order valence-corrected chi connectivity index (χ4v) is 2.57. The van der Waals surface area contributed by atoms with Crippen molar-refractivity contribution in [3.05, 3.63) is 59.4 Å². The van der Waals surface area contributed by atoms with E-state index in [-0.39, 0.29) is 11.9 Å². The lowest BCUT2D eigenvalue weighted by Crippen LogP contribution is -2.19. The van der Waals surface area contributed by atoms with Gasteiger partial charge in [-0.2, -0.15) is 0 Å². The van der Waals surface area contributed by atoms with Crippen LogP contribution < -0.4 is 9.47 Å². The summed E-state index contributed by atoms with van der Waals surface area (Å²) in [6, 6.07) is 11.9. The van der Waals surface area contributed by atoms with Gasteiger partial charge in [-0.3, -0.25) is 0 Å². The largest absolute Gasteiger partial charge is 0.494 e. The van der Waals surface area contributed by atoms with Gasteiger partial charge in [-0.05, 0) is 42.8 Å². The predicted octanol–water partition coefficient (Wildman–Crippen LogP) is 3.78. The number of rotatable bonds is 3. The lowest BCUT2D eigenvalue weighted by atomic mass is 9.95. The van der Waals surface area contributed by atoms with E-state index in [1.54, 1.807) is 6.07 Å². The molecule has 0 amide bonds. The van der Waals surface area contributed by atoms with Crippen molar-refractivity contribution < 1.29 is 19.0 Å². The minimum Gasteiger partial charge on any atom is -0.494 e. The molecule has 0 fully saturated rings. The number of hydrogen-bond acceptors (Lipinski definition) is 3. The normalized spacial score (nSPS) is 20.5. The third-order valence-corrected chi connectivity index (χ3v) is 3.60. The van der Waals surface area contributed by atoms with Crippen LogP contribution in [-0.2, 0) is 0 Å². The van der Waals surface area contributed by atoms with E-state index in [1.807, 2.05) is 31.2 Å². The first kappa shape index (κ1) is 13.9. The smallest absolute Gasteiger partial charge is 0.127 e. The molecule has 3 rings (SSSR count). The van der Waals surface area contributed by atoms with Crippen LogP contribution in [0.3, 0.4) is 0 Å². The Bertz CT molecular complexity index is 624. The van der Waals surface area contributed by atoms with Gasteiger partial charge in [0.25, 0.3) is 0 Å². The quantitative estimate of drug-likeness (QED) is 0.934. The van der Waals surface area contributed by atoms with Crippen molar-refractivity contribution >= 4 is 0 Å². The maximum Gasteiger partial charge on any atom is 0.127 e. The molecular formula is C17H17FO3. The minimum absolute atomic E-state index is 0.242. The van der Waals surface area contributed by atoms with Crippen molar-refractivity contribution in [2.75, 3.05) is 6.61 Å². The summed E-state index contributed by atoms with van der Waals surface area (Å²) in [7, 11) is 0. The molecule has 21 heavy (non-hydrogen) atoms. The molecule has 0 radical (unpaired) electrons. The molecule has 2 atom stereocenters. The third-order valence-electron chi connectivity index (χ3n) is 3.60. The highest BCUT2D eigenvalue weighted by Gasteiger charge is 2.28. The van der Waals surface area contributed by atoms with Gasteiger partial charge >= 0.3 is 0 Å². The van der Waals surface area contributed by atoms with Crippen LogP contribution in [0.1, 0.15) is 36.7 Å². The van der Waals surface area contributed by atoms with E-state index in [9.17, 15) is 9.50 Å². The van der Waals surface area contributed by atoms with Crippen molar-refractivity contribution in [1.29, 1.82) is 0 Å². The van der Waals surface area contributed by atoms with Crippen molar-refractivity contribution in [3.63, 3.8) is 0 Å². The predicted molar refractivity (Wildman–Crippen MR) is 77.0 cm³/mol. The second-order valence-corrected chi connectivity index (χ2v) is 5.04. The fraction of sp³-hybridized carbons (Fsp3) is 0.294. The maximum atomic E-state index is 13.2. The number of fused-ring (bicyclic) bond motifs is 1. The van der Waals surface area contributed by atoms with E-state index in [2.05, 4.69) is 0 Å². The Morgan fingerprint density at radius 1 is 1.24 bits per heavy atom. The first-order chi connectivity index (χ1) is 10.2. The van der Waals surface area contributed by atoms with Gasteiger partial charge in [-0.25, -0.2) is 4.39 Å². The number of aliphatic hydroxyl groups excluding tert-OH is 1. The summed E-state index contributed by atoms with van der Waals surface area (Å²) in [5, 5.41) is 10.2. The van der Waals surface area contributed by atoms with E-state index < -0.39 is 6.10 Å². The van der Waals surface area contributed by atoms with Crippen LogP contribution in [0.15, 0.2) is 42.5 Å². The van der Waals surface area contributed by atoms with Crippen LogP contribution in [0.2, 0.25) is 0 Å². The van der Waals surface area contributed by atoms with Gasteiger partial charge in [0.15, 0.2) is 0 Å². The highest BCUT2D eigenvalue weighted by atomic mass is 19.1. The number of aliphatic hydroxyl groups is 1. The van der Waals surface area contributed by atoms with Gasteiger partial charge in [-0.1, -0.05) is 12.1 Å². The molecular weight excluding hydrogens is 271 g/mol. The number of benzene rings is 2. The van der Waals surface area contributed by atoms with E-state index in [0.717, 1.165) is 11.3 Å². The molecule has 1 unspecified atom stereocenters. The standard InChI is InChI=1S/C17H17FO3/c1-2-20-13-6-3-11(4-7-13)17-10-15(19)14-9-12(18)5-8-16(14)21-17/h3-9,15,17,19H,2,10H2,1H3/t15-,17?/m0/s1. The summed E-state index contributed by atoms with van der Waals surface area (Å²) in [6.07, 6.45) is -0.556. The zero-order chi connectivity index (χ0) is 14.8. The van der Waals surface area contributed by atoms with Gasteiger partial charge in [-0.15, -0.1) is 0 Å². The van der Waals surface area contributed by atoms with Crippen LogP contribution in [0.25, 0.3) is 0 Å². The summed E-state index contributed by atoms with van der Waals surface area (Å²) < 4.78 is 24.5. The average Bonchev–Trinajstić information content (AvgIpc) is 2.49. The average molecular weight is 288 g/mol. The number of halogens is 1. The van der Waals surface area contributed by atoms with Crippen LogP contribution in [0.4, 0.5) is 4.39 Å². The van der Waals surface area contributed by atoms with E-state index >= 15 is 0 Å². The molecule has 0 bridgehead atoms. The molecule has 1 aliphatic rings. The van der Waals surface area contributed by atoms with Gasteiger partial charge in [0.2, 0.25) is 0 Å². The molecule has 3 nitrogen and oxygen atoms in total. The lowest BCUT2D eigenvalue weighted by molar-refractivity contribution is 0.0653. The van der Waals surface area contributed by atoms with Crippen molar-refractivity contribution in [3.8, 4) is 11.5 Å². The molecule has 0 aromatic heterocycles. The van der Waals surface area contributed by atoms with Crippen LogP contribution in [-0.4, -0.2) is 11.7 Å². The summed E-state index contributed by atoms with van der Waals surface area (Å²) in [5.74, 6) is 0.977. The fourth-order valence-electron chi connectivity index (χ4n) is 2.57. The summed E-state index contributed by atoms with van der Waals surface area (Å²) in [6.45, 7) is 2.56. The minimum atomic E-state index is -0.721. The molecule has 1 N–H and O–H groups in total. The monoisotopic (exact) mass is 288 g/mol. The summed E-state index contributed by atoms with van der Waals surface area (Å²) in [4.78, 5) is 0. The van der Waals surface area contributed by atoms with E-state index in [0.29, 0.717) is 24.3 Å². The van der Waals surface area contributed by atoms with Crippen LogP contribution in [0, 0.1) is 5.82 Å². The maximum absolute atomic E-state index is 13.2.